The molecule has 6 nitrogen and oxygen atoms in total. The second-order valence-corrected chi connectivity index (χ2v) is 6.34. The lowest BCUT2D eigenvalue weighted by atomic mass is 10.1. The first-order chi connectivity index (χ1) is 12.3. The van der Waals surface area contributed by atoms with Crippen molar-refractivity contribution in [2.45, 2.75) is 31.7 Å². The lowest BCUT2D eigenvalue weighted by Crippen LogP contribution is -2.49. The van der Waals surface area contributed by atoms with E-state index in [0.717, 1.165) is 63.6 Å². The summed E-state index contributed by atoms with van der Waals surface area (Å²) in [5.41, 5.74) is 0. The van der Waals surface area contributed by atoms with Gasteiger partial charge in [0.25, 0.3) is 0 Å². The zero-order valence-corrected chi connectivity index (χ0v) is 18.1. The third-order valence-electron chi connectivity index (χ3n) is 4.37. The van der Waals surface area contributed by atoms with Crippen LogP contribution in [-0.4, -0.2) is 63.3 Å². The highest BCUT2D eigenvalue weighted by molar-refractivity contribution is 14.0. The van der Waals surface area contributed by atoms with Gasteiger partial charge in [-0.2, -0.15) is 0 Å². The van der Waals surface area contributed by atoms with Crippen molar-refractivity contribution < 1.29 is 9.15 Å². The minimum atomic E-state index is 0. The van der Waals surface area contributed by atoms with E-state index < -0.39 is 0 Å². The summed E-state index contributed by atoms with van der Waals surface area (Å²) in [5.74, 6) is 1.83. The van der Waals surface area contributed by atoms with Crippen molar-refractivity contribution in [3.63, 3.8) is 0 Å². The summed E-state index contributed by atoms with van der Waals surface area (Å²) in [6.07, 6.45) is 7.75. The first-order valence-electron chi connectivity index (χ1n) is 9.21. The van der Waals surface area contributed by atoms with Gasteiger partial charge in [-0.1, -0.05) is 6.08 Å². The van der Waals surface area contributed by atoms with Gasteiger partial charge in [0.15, 0.2) is 5.96 Å². The van der Waals surface area contributed by atoms with Gasteiger partial charge in [0.05, 0.1) is 6.26 Å². The minimum absolute atomic E-state index is 0. The van der Waals surface area contributed by atoms with E-state index in [9.17, 15) is 0 Å². The molecule has 0 aliphatic carbocycles. The summed E-state index contributed by atoms with van der Waals surface area (Å²) >= 11 is 0. The van der Waals surface area contributed by atoms with E-state index in [1.54, 1.807) is 13.4 Å². The van der Waals surface area contributed by atoms with E-state index >= 15 is 0 Å². The number of piperidine rings is 1. The van der Waals surface area contributed by atoms with Crippen LogP contribution in [0.1, 0.15) is 25.0 Å². The van der Waals surface area contributed by atoms with Crippen LogP contribution in [-0.2, 0) is 11.2 Å². The van der Waals surface area contributed by atoms with Crippen molar-refractivity contribution in [1.29, 1.82) is 0 Å². The van der Waals surface area contributed by atoms with Crippen LogP contribution in [0.2, 0.25) is 0 Å². The maximum absolute atomic E-state index is 5.36. The molecule has 0 aromatic carbocycles. The molecule has 0 bridgehead atoms. The molecule has 0 saturated carbocycles. The third-order valence-corrected chi connectivity index (χ3v) is 4.37. The van der Waals surface area contributed by atoms with Crippen molar-refractivity contribution in [2.24, 2.45) is 4.99 Å². The number of aliphatic imine (C=N–C) groups is 1. The maximum Gasteiger partial charge on any atom is 0.191 e. The lowest BCUT2D eigenvalue weighted by Gasteiger charge is -2.33. The van der Waals surface area contributed by atoms with Gasteiger partial charge in [0, 0.05) is 58.9 Å². The van der Waals surface area contributed by atoms with Gasteiger partial charge >= 0.3 is 0 Å². The Hall–Kier alpha value is -1.06. The predicted octanol–water partition coefficient (Wildman–Crippen LogP) is 2.66. The molecule has 148 valence electrons. The van der Waals surface area contributed by atoms with Crippen LogP contribution >= 0.6 is 24.0 Å². The average molecular weight is 476 g/mol. The zero-order valence-electron chi connectivity index (χ0n) is 15.8. The van der Waals surface area contributed by atoms with Crippen LogP contribution < -0.4 is 10.6 Å². The van der Waals surface area contributed by atoms with Gasteiger partial charge in [0.2, 0.25) is 0 Å². The lowest BCUT2D eigenvalue weighted by molar-refractivity contribution is 0.155. The Kier molecular flexibility index (Phi) is 12.4. The molecule has 26 heavy (non-hydrogen) atoms. The van der Waals surface area contributed by atoms with E-state index in [1.807, 2.05) is 18.2 Å². The molecule has 0 unspecified atom stereocenters. The van der Waals surface area contributed by atoms with Crippen LogP contribution in [0.4, 0.5) is 0 Å². The summed E-state index contributed by atoms with van der Waals surface area (Å²) in [4.78, 5) is 7.18. The van der Waals surface area contributed by atoms with Crippen molar-refractivity contribution in [3.8, 4) is 0 Å². The molecular formula is C19H33IN4O2. The fraction of sp³-hybridized carbons (Fsp3) is 0.632. The molecule has 0 atom stereocenters. The Morgan fingerprint density at radius 2 is 2.27 bits per heavy atom. The Morgan fingerprint density at radius 1 is 1.46 bits per heavy atom. The molecule has 2 N–H and O–H groups in total. The largest absolute Gasteiger partial charge is 0.469 e. The average Bonchev–Trinajstić information content (AvgIpc) is 3.14. The van der Waals surface area contributed by atoms with Crippen LogP contribution in [0.15, 0.2) is 40.5 Å². The molecule has 7 heteroatoms. The summed E-state index contributed by atoms with van der Waals surface area (Å²) < 4.78 is 10.5. The Labute approximate surface area is 174 Å². The SMILES string of the molecule is C=CCNC(=NCCc1ccco1)NC1CCN(CCCOC)CC1.I. The number of guanidine groups is 1. The number of nitrogens with one attached hydrogen (secondary N) is 2. The van der Waals surface area contributed by atoms with E-state index in [1.165, 1.54) is 0 Å². The number of ether oxygens (including phenoxy) is 1. The number of furan rings is 1. The van der Waals surface area contributed by atoms with Crippen molar-refractivity contribution >= 4 is 29.9 Å². The quantitative estimate of drug-likeness (QED) is 0.179. The van der Waals surface area contributed by atoms with Crippen LogP contribution in [0, 0.1) is 0 Å². The van der Waals surface area contributed by atoms with Gasteiger partial charge in [-0.3, -0.25) is 4.99 Å². The number of nitrogens with zero attached hydrogens (tertiary/aromatic N) is 2. The Bertz CT molecular complexity index is 500. The normalized spacial score (nSPS) is 16.1. The highest BCUT2D eigenvalue weighted by Crippen LogP contribution is 2.10. The minimum Gasteiger partial charge on any atom is -0.469 e. The highest BCUT2D eigenvalue weighted by atomic mass is 127. The number of hydrogen-bond acceptors (Lipinski definition) is 4. The van der Waals surface area contributed by atoms with Gasteiger partial charge in [-0.05, 0) is 31.4 Å². The first-order valence-corrected chi connectivity index (χ1v) is 9.21. The van der Waals surface area contributed by atoms with Crippen molar-refractivity contribution in [2.75, 3.05) is 46.4 Å². The highest BCUT2D eigenvalue weighted by Gasteiger charge is 2.19. The topological polar surface area (TPSA) is 62.0 Å². The molecule has 2 heterocycles. The van der Waals surface area contributed by atoms with E-state index in [4.69, 9.17) is 9.15 Å². The molecule has 1 aromatic rings. The van der Waals surface area contributed by atoms with E-state index in [-0.39, 0.29) is 24.0 Å². The van der Waals surface area contributed by atoms with Gasteiger partial charge in [0.1, 0.15) is 5.76 Å². The molecule has 0 amide bonds. The smallest absolute Gasteiger partial charge is 0.191 e. The van der Waals surface area contributed by atoms with E-state index in [0.29, 0.717) is 19.1 Å². The fourth-order valence-electron chi connectivity index (χ4n) is 2.98. The summed E-state index contributed by atoms with van der Waals surface area (Å²) in [7, 11) is 1.76. The number of rotatable bonds is 10. The number of methoxy groups -OCH3 is 1. The van der Waals surface area contributed by atoms with Gasteiger partial charge < -0.3 is 24.7 Å². The summed E-state index contributed by atoms with van der Waals surface area (Å²) in [5, 5.41) is 6.88. The maximum atomic E-state index is 5.36. The number of hydrogen-bond donors (Lipinski definition) is 2. The van der Waals surface area contributed by atoms with Crippen LogP contribution in [0.25, 0.3) is 0 Å². The van der Waals surface area contributed by atoms with Gasteiger partial charge in [-0.25, -0.2) is 0 Å². The first kappa shape index (κ1) is 23.0. The third kappa shape index (κ3) is 9.05. The zero-order chi connectivity index (χ0) is 17.7. The monoisotopic (exact) mass is 476 g/mol. The second kappa shape index (κ2) is 14.1. The molecule has 1 fully saturated rings. The van der Waals surface area contributed by atoms with Gasteiger partial charge in [-0.15, -0.1) is 30.6 Å². The molecule has 2 rings (SSSR count). The fourth-order valence-corrected chi connectivity index (χ4v) is 2.98. The van der Waals surface area contributed by atoms with Crippen LogP contribution in [0.5, 0.6) is 0 Å². The molecule has 0 spiro atoms. The summed E-state index contributed by atoms with van der Waals surface area (Å²) in [6.45, 7) is 9.41. The predicted molar refractivity (Wildman–Crippen MR) is 117 cm³/mol. The molecule has 0 radical (unpaired) electrons. The molecular weight excluding hydrogens is 443 g/mol. The standard InChI is InChI=1S/C19H32N4O2.HI/c1-3-10-20-19(21-11-7-18-6-4-16-25-18)22-17-8-13-23(14-9-17)12-5-15-24-2;/h3-4,6,16-17H,1,5,7-15H2,2H3,(H2,20,21,22);1H. The molecule has 1 aromatic heterocycles. The second-order valence-electron chi connectivity index (χ2n) is 6.34. The molecule has 1 saturated heterocycles. The van der Waals surface area contributed by atoms with Crippen molar-refractivity contribution in [3.05, 3.63) is 36.8 Å². The molecule has 1 aliphatic rings. The van der Waals surface area contributed by atoms with Crippen molar-refractivity contribution in [1.82, 2.24) is 15.5 Å². The van der Waals surface area contributed by atoms with E-state index in [2.05, 4.69) is 27.1 Å². The summed E-state index contributed by atoms with van der Waals surface area (Å²) in [6, 6.07) is 4.37. The number of halogens is 1. The number of likely N-dealkylation sites (tertiary alicyclic amines) is 1. The Balaban J connectivity index is 0.00000338. The molecule has 1 aliphatic heterocycles. The Morgan fingerprint density at radius 3 is 2.92 bits per heavy atom. The van der Waals surface area contributed by atoms with Crippen LogP contribution in [0.3, 0.4) is 0 Å².